The first-order chi connectivity index (χ1) is 6.76. The van der Waals surface area contributed by atoms with Gasteiger partial charge >= 0.3 is 8.80 Å². The molecule has 0 aliphatic rings. The van der Waals surface area contributed by atoms with Gasteiger partial charge in [0, 0.05) is 14.2 Å². The molecule has 14 heavy (non-hydrogen) atoms. The van der Waals surface area contributed by atoms with Crippen molar-refractivity contribution in [3.8, 4) is 5.75 Å². The standard InChI is InChI=1S/C10H14O3Si/c1-4-14(11-2,12-3)13-10-8-6-5-7-9-10/h4-9H,1H2,2-3H3. The number of benzene rings is 1. The van der Waals surface area contributed by atoms with Crippen LogP contribution in [-0.2, 0) is 8.85 Å². The summed E-state index contributed by atoms with van der Waals surface area (Å²) in [5.41, 5.74) is 1.60. The third kappa shape index (κ3) is 2.44. The second kappa shape index (κ2) is 4.95. The van der Waals surface area contributed by atoms with E-state index in [1.165, 1.54) is 0 Å². The van der Waals surface area contributed by atoms with E-state index in [4.69, 9.17) is 13.3 Å². The maximum Gasteiger partial charge on any atom is 0.594 e. The van der Waals surface area contributed by atoms with E-state index in [-0.39, 0.29) is 0 Å². The van der Waals surface area contributed by atoms with Crippen molar-refractivity contribution >= 4 is 8.80 Å². The summed E-state index contributed by atoms with van der Waals surface area (Å²) in [6, 6.07) is 9.40. The zero-order chi connectivity index (χ0) is 10.4. The average Bonchev–Trinajstić information content (AvgIpc) is 2.28. The Morgan fingerprint density at radius 3 is 2.14 bits per heavy atom. The van der Waals surface area contributed by atoms with Crippen molar-refractivity contribution in [3.63, 3.8) is 0 Å². The summed E-state index contributed by atoms with van der Waals surface area (Å²) < 4.78 is 16.1. The summed E-state index contributed by atoms with van der Waals surface area (Å²) in [6.45, 7) is 3.66. The highest BCUT2D eigenvalue weighted by atomic mass is 28.4. The quantitative estimate of drug-likeness (QED) is 0.696. The molecule has 0 atom stereocenters. The molecule has 0 radical (unpaired) electrons. The van der Waals surface area contributed by atoms with Gasteiger partial charge in [0.2, 0.25) is 0 Å². The smallest absolute Gasteiger partial charge is 0.498 e. The molecule has 1 aromatic rings. The van der Waals surface area contributed by atoms with Crippen LogP contribution in [0.2, 0.25) is 0 Å². The van der Waals surface area contributed by atoms with Crippen molar-refractivity contribution in [2.75, 3.05) is 14.2 Å². The van der Waals surface area contributed by atoms with Gasteiger partial charge in [-0.1, -0.05) is 24.8 Å². The second-order valence-electron chi connectivity index (χ2n) is 2.63. The van der Waals surface area contributed by atoms with Crippen LogP contribution in [0.15, 0.2) is 42.6 Å². The molecule has 0 spiro atoms. The monoisotopic (exact) mass is 210 g/mol. The number of para-hydroxylation sites is 1. The molecule has 0 aliphatic heterocycles. The van der Waals surface area contributed by atoms with E-state index in [1.807, 2.05) is 30.3 Å². The van der Waals surface area contributed by atoms with E-state index in [2.05, 4.69) is 6.58 Å². The number of hydrogen-bond acceptors (Lipinski definition) is 3. The van der Waals surface area contributed by atoms with Crippen molar-refractivity contribution in [1.82, 2.24) is 0 Å². The van der Waals surface area contributed by atoms with Gasteiger partial charge in [-0.2, -0.15) is 0 Å². The highest BCUT2D eigenvalue weighted by molar-refractivity contribution is 6.66. The van der Waals surface area contributed by atoms with E-state index in [0.29, 0.717) is 0 Å². The van der Waals surface area contributed by atoms with Gasteiger partial charge in [0.1, 0.15) is 5.75 Å². The van der Waals surface area contributed by atoms with Crippen LogP contribution in [0.3, 0.4) is 0 Å². The van der Waals surface area contributed by atoms with Crippen LogP contribution in [0.5, 0.6) is 5.75 Å². The molecule has 0 unspecified atom stereocenters. The van der Waals surface area contributed by atoms with Crippen molar-refractivity contribution < 1.29 is 13.3 Å². The molecule has 0 N–H and O–H groups in total. The van der Waals surface area contributed by atoms with Crippen LogP contribution < -0.4 is 4.43 Å². The molecule has 0 fully saturated rings. The van der Waals surface area contributed by atoms with Crippen molar-refractivity contribution in [1.29, 1.82) is 0 Å². The number of rotatable bonds is 5. The van der Waals surface area contributed by atoms with Crippen LogP contribution >= 0.6 is 0 Å². The minimum Gasteiger partial charge on any atom is -0.498 e. The zero-order valence-corrected chi connectivity index (χ0v) is 9.40. The molecule has 1 rings (SSSR count). The molecule has 0 aliphatic carbocycles. The molecule has 0 saturated carbocycles. The van der Waals surface area contributed by atoms with Crippen LogP contribution in [0, 0.1) is 0 Å². The lowest BCUT2D eigenvalue weighted by atomic mass is 10.3. The lowest BCUT2D eigenvalue weighted by Gasteiger charge is -2.23. The van der Waals surface area contributed by atoms with E-state index >= 15 is 0 Å². The molecular weight excluding hydrogens is 196 g/mol. The van der Waals surface area contributed by atoms with E-state index in [9.17, 15) is 0 Å². The zero-order valence-electron chi connectivity index (χ0n) is 8.40. The molecule has 3 nitrogen and oxygen atoms in total. The van der Waals surface area contributed by atoms with Crippen molar-refractivity contribution in [2.45, 2.75) is 0 Å². The van der Waals surface area contributed by atoms with Gasteiger partial charge in [-0.15, -0.1) is 0 Å². The summed E-state index contributed by atoms with van der Waals surface area (Å²) in [5, 5.41) is 0. The Kier molecular flexibility index (Phi) is 3.88. The predicted molar refractivity (Wildman–Crippen MR) is 57.0 cm³/mol. The molecule has 4 heteroatoms. The highest BCUT2D eigenvalue weighted by Gasteiger charge is 2.37. The minimum atomic E-state index is -2.69. The summed E-state index contributed by atoms with van der Waals surface area (Å²) >= 11 is 0. The second-order valence-corrected chi connectivity index (χ2v) is 5.27. The fraction of sp³-hybridized carbons (Fsp3) is 0.200. The van der Waals surface area contributed by atoms with Crippen LogP contribution in [0.1, 0.15) is 0 Å². The Morgan fingerprint density at radius 1 is 1.14 bits per heavy atom. The molecule has 1 aromatic carbocycles. The highest BCUT2D eigenvalue weighted by Crippen LogP contribution is 2.16. The fourth-order valence-corrected chi connectivity index (χ4v) is 2.24. The first-order valence-corrected chi connectivity index (χ1v) is 6.04. The lowest BCUT2D eigenvalue weighted by Crippen LogP contribution is -2.45. The van der Waals surface area contributed by atoms with Gasteiger partial charge in [0.05, 0.1) is 0 Å². The predicted octanol–water partition coefficient (Wildman–Crippen LogP) is 2.02. The Bertz CT molecular complexity index is 283. The SMILES string of the molecule is C=C[Si](OC)(OC)Oc1ccccc1. The Labute approximate surface area is 85.3 Å². The van der Waals surface area contributed by atoms with E-state index in [1.54, 1.807) is 19.9 Å². The van der Waals surface area contributed by atoms with Crippen LogP contribution in [-0.4, -0.2) is 23.0 Å². The first-order valence-electron chi connectivity index (χ1n) is 4.24. The van der Waals surface area contributed by atoms with Crippen molar-refractivity contribution in [3.05, 3.63) is 42.6 Å². The van der Waals surface area contributed by atoms with Gasteiger partial charge in [0.15, 0.2) is 0 Å². The Morgan fingerprint density at radius 2 is 1.71 bits per heavy atom. The van der Waals surface area contributed by atoms with Gasteiger partial charge in [-0.25, -0.2) is 0 Å². The molecule has 0 amide bonds. The maximum absolute atomic E-state index is 5.63. The van der Waals surface area contributed by atoms with Gasteiger partial charge in [0.25, 0.3) is 0 Å². The maximum atomic E-state index is 5.63. The first kappa shape index (κ1) is 11.0. The molecule has 0 saturated heterocycles. The summed E-state index contributed by atoms with van der Waals surface area (Å²) in [7, 11) is 0.417. The van der Waals surface area contributed by atoms with Gasteiger partial charge in [-0.3, -0.25) is 0 Å². The third-order valence-corrected chi connectivity index (χ3v) is 3.98. The summed E-state index contributed by atoms with van der Waals surface area (Å²) in [5.74, 6) is 0.725. The fourth-order valence-electron chi connectivity index (χ4n) is 1.03. The number of hydrogen-bond donors (Lipinski definition) is 0. The van der Waals surface area contributed by atoms with Crippen LogP contribution in [0.25, 0.3) is 0 Å². The van der Waals surface area contributed by atoms with E-state index in [0.717, 1.165) is 5.75 Å². The normalized spacial score (nSPS) is 11.0. The Hall–Kier alpha value is -1.10. The average molecular weight is 210 g/mol. The van der Waals surface area contributed by atoms with E-state index < -0.39 is 8.80 Å². The van der Waals surface area contributed by atoms with Crippen LogP contribution in [0.4, 0.5) is 0 Å². The lowest BCUT2D eigenvalue weighted by molar-refractivity contribution is 0.176. The van der Waals surface area contributed by atoms with Gasteiger partial charge < -0.3 is 13.3 Å². The Balaban J connectivity index is 2.79. The third-order valence-electron chi connectivity index (χ3n) is 1.82. The van der Waals surface area contributed by atoms with Crippen molar-refractivity contribution in [2.24, 2.45) is 0 Å². The minimum absolute atomic E-state index is 0.725. The molecule has 0 bridgehead atoms. The molecular formula is C10H14O3Si. The molecule has 76 valence electrons. The molecule has 0 heterocycles. The largest absolute Gasteiger partial charge is 0.594 e. The molecule has 0 aromatic heterocycles. The van der Waals surface area contributed by atoms with Gasteiger partial charge in [-0.05, 0) is 17.8 Å². The summed E-state index contributed by atoms with van der Waals surface area (Å²) in [4.78, 5) is 0. The summed E-state index contributed by atoms with van der Waals surface area (Å²) in [6.07, 6.45) is 0. The topological polar surface area (TPSA) is 27.7 Å².